The Hall–Kier alpha value is -1.62. The number of urea groups is 1. The number of carbonyl (C=O) groups excluding carboxylic acids is 1. The van der Waals surface area contributed by atoms with Crippen LogP contribution >= 0.6 is 0 Å². The fraction of sp³-hybridized carbons (Fsp3) is 0.647. The van der Waals surface area contributed by atoms with Crippen LogP contribution in [0.3, 0.4) is 0 Å². The maximum absolute atomic E-state index is 12.2. The molecule has 3 N–H and O–H groups in total. The molecule has 0 spiro atoms. The first-order valence-corrected chi connectivity index (χ1v) is 7.83. The van der Waals surface area contributed by atoms with Gasteiger partial charge in [-0.15, -0.1) is 0 Å². The van der Waals surface area contributed by atoms with Crippen LogP contribution < -0.4 is 10.6 Å². The number of aliphatic hydroxyl groups excluding tert-OH is 1. The predicted octanol–water partition coefficient (Wildman–Crippen LogP) is 2.88. The van der Waals surface area contributed by atoms with E-state index in [1.165, 1.54) is 0 Å². The van der Waals surface area contributed by atoms with E-state index in [0.29, 0.717) is 13.0 Å². The van der Waals surface area contributed by atoms with Crippen molar-refractivity contribution in [1.29, 1.82) is 0 Å². The zero-order valence-corrected chi connectivity index (χ0v) is 14.3. The summed E-state index contributed by atoms with van der Waals surface area (Å²) in [6.07, 6.45) is 3.73. The number of rotatable bonds is 7. The summed E-state index contributed by atoms with van der Waals surface area (Å²) in [5, 5.41) is 15.4. The van der Waals surface area contributed by atoms with Gasteiger partial charge in [0.1, 0.15) is 0 Å². The van der Waals surface area contributed by atoms with Crippen molar-refractivity contribution in [2.45, 2.75) is 53.2 Å². The molecule has 0 radical (unpaired) electrons. The summed E-state index contributed by atoms with van der Waals surface area (Å²) in [7, 11) is 0. The number of pyridine rings is 1. The summed E-state index contributed by atoms with van der Waals surface area (Å²) in [5.74, 6) is 0.277. The third-order valence-electron chi connectivity index (χ3n) is 3.59. The molecule has 0 saturated carbocycles. The molecule has 2 unspecified atom stereocenters. The number of amides is 2. The summed E-state index contributed by atoms with van der Waals surface area (Å²) < 4.78 is 0. The molecule has 0 aromatic carbocycles. The van der Waals surface area contributed by atoms with Crippen LogP contribution in [0.2, 0.25) is 0 Å². The molecule has 1 heterocycles. The molecule has 2 amide bonds. The molecule has 0 bridgehead atoms. The summed E-state index contributed by atoms with van der Waals surface area (Å²) in [5.41, 5.74) is 0.901. The number of hydrogen-bond donors (Lipinski definition) is 3. The zero-order valence-electron chi connectivity index (χ0n) is 14.3. The molecule has 0 fully saturated rings. The van der Waals surface area contributed by atoms with Crippen molar-refractivity contribution in [1.82, 2.24) is 15.6 Å². The lowest BCUT2D eigenvalue weighted by molar-refractivity contribution is 0.128. The van der Waals surface area contributed by atoms with Gasteiger partial charge in [0.05, 0.1) is 12.1 Å². The first-order valence-electron chi connectivity index (χ1n) is 7.83. The van der Waals surface area contributed by atoms with Gasteiger partial charge in [-0.3, -0.25) is 4.98 Å². The Kier molecular flexibility index (Phi) is 6.81. The van der Waals surface area contributed by atoms with Crippen LogP contribution in [0, 0.1) is 11.3 Å². The fourth-order valence-corrected chi connectivity index (χ4v) is 2.59. The van der Waals surface area contributed by atoms with Crippen molar-refractivity contribution in [3.63, 3.8) is 0 Å². The van der Waals surface area contributed by atoms with E-state index in [9.17, 15) is 9.90 Å². The second-order valence-electron chi connectivity index (χ2n) is 7.05. The van der Waals surface area contributed by atoms with Gasteiger partial charge in [0, 0.05) is 18.9 Å². The fourth-order valence-electron chi connectivity index (χ4n) is 2.59. The maximum atomic E-state index is 12.2. The van der Waals surface area contributed by atoms with Gasteiger partial charge in [0.2, 0.25) is 0 Å². The highest BCUT2D eigenvalue weighted by atomic mass is 16.3. The lowest BCUT2D eigenvalue weighted by atomic mass is 9.87. The van der Waals surface area contributed by atoms with E-state index in [1.807, 2.05) is 26.0 Å². The van der Waals surface area contributed by atoms with Crippen LogP contribution in [0.25, 0.3) is 0 Å². The molecule has 0 aliphatic carbocycles. The molecule has 1 aromatic rings. The lowest BCUT2D eigenvalue weighted by Crippen LogP contribution is -2.43. The standard InChI is InChI=1S/C17H29N3O2/c1-12(2)15(14-6-8-18-9-7-14)20-16(22)19-11-17(4,5)10-13(3)21/h6-9,12-13,15,21H,10-11H2,1-5H3,(H2,19,20,22). The van der Waals surface area contributed by atoms with Crippen LogP contribution in [0.15, 0.2) is 24.5 Å². The minimum Gasteiger partial charge on any atom is -0.393 e. The van der Waals surface area contributed by atoms with E-state index in [4.69, 9.17) is 0 Å². The molecule has 2 atom stereocenters. The van der Waals surface area contributed by atoms with Crippen LogP contribution in [0.4, 0.5) is 4.79 Å². The van der Waals surface area contributed by atoms with Crippen molar-refractivity contribution < 1.29 is 9.90 Å². The van der Waals surface area contributed by atoms with Crippen molar-refractivity contribution >= 4 is 6.03 Å². The topological polar surface area (TPSA) is 74.2 Å². The molecule has 0 aliphatic rings. The average molecular weight is 307 g/mol. The first-order chi connectivity index (χ1) is 10.2. The van der Waals surface area contributed by atoms with Gasteiger partial charge in [-0.2, -0.15) is 0 Å². The van der Waals surface area contributed by atoms with E-state index in [0.717, 1.165) is 5.56 Å². The molecule has 22 heavy (non-hydrogen) atoms. The summed E-state index contributed by atoms with van der Waals surface area (Å²) in [6, 6.07) is 3.60. The van der Waals surface area contributed by atoms with Gasteiger partial charge in [0.25, 0.3) is 0 Å². The number of nitrogens with zero attached hydrogens (tertiary/aromatic N) is 1. The molecule has 0 aliphatic heterocycles. The molecule has 0 saturated heterocycles. The number of nitrogens with one attached hydrogen (secondary N) is 2. The normalized spacial score (nSPS) is 14.5. The van der Waals surface area contributed by atoms with E-state index >= 15 is 0 Å². The van der Waals surface area contributed by atoms with Crippen molar-refractivity contribution in [2.24, 2.45) is 11.3 Å². The molecule has 5 heteroatoms. The quantitative estimate of drug-likeness (QED) is 0.725. The highest BCUT2D eigenvalue weighted by Gasteiger charge is 2.23. The van der Waals surface area contributed by atoms with Crippen LogP contribution in [0.5, 0.6) is 0 Å². The Morgan fingerprint density at radius 1 is 1.27 bits per heavy atom. The average Bonchev–Trinajstić information content (AvgIpc) is 2.42. The van der Waals surface area contributed by atoms with E-state index in [1.54, 1.807) is 19.3 Å². The minimum absolute atomic E-state index is 0.0529. The highest BCUT2D eigenvalue weighted by molar-refractivity contribution is 5.74. The van der Waals surface area contributed by atoms with Crippen LogP contribution in [0.1, 0.15) is 52.6 Å². The predicted molar refractivity (Wildman–Crippen MR) is 88.4 cm³/mol. The monoisotopic (exact) mass is 307 g/mol. The Morgan fingerprint density at radius 3 is 2.36 bits per heavy atom. The molecule has 5 nitrogen and oxygen atoms in total. The highest BCUT2D eigenvalue weighted by Crippen LogP contribution is 2.22. The Labute approximate surface area is 133 Å². The molecule has 1 aromatic heterocycles. The zero-order chi connectivity index (χ0) is 16.8. The van der Waals surface area contributed by atoms with Crippen molar-refractivity contribution in [3.8, 4) is 0 Å². The minimum atomic E-state index is -0.375. The molecular weight excluding hydrogens is 278 g/mol. The number of aliphatic hydroxyl groups is 1. The largest absolute Gasteiger partial charge is 0.393 e. The maximum Gasteiger partial charge on any atom is 0.315 e. The number of aromatic nitrogens is 1. The third-order valence-corrected chi connectivity index (χ3v) is 3.59. The Balaban J connectivity index is 2.58. The Morgan fingerprint density at radius 2 is 1.86 bits per heavy atom. The first kappa shape index (κ1) is 18.4. The Bertz CT molecular complexity index is 458. The summed E-state index contributed by atoms with van der Waals surface area (Å²) in [6.45, 7) is 10.5. The van der Waals surface area contributed by atoms with E-state index in [2.05, 4.69) is 29.5 Å². The lowest BCUT2D eigenvalue weighted by Gasteiger charge is -2.28. The van der Waals surface area contributed by atoms with Gasteiger partial charge in [0.15, 0.2) is 0 Å². The van der Waals surface area contributed by atoms with E-state index < -0.39 is 0 Å². The van der Waals surface area contributed by atoms with Crippen LogP contribution in [-0.4, -0.2) is 28.8 Å². The smallest absolute Gasteiger partial charge is 0.315 e. The second kappa shape index (κ2) is 8.13. The van der Waals surface area contributed by atoms with Gasteiger partial charge < -0.3 is 15.7 Å². The van der Waals surface area contributed by atoms with Crippen LogP contribution in [-0.2, 0) is 0 Å². The van der Waals surface area contributed by atoms with Gasteiger partial charge in [-0.25, -0.2) is 4.79 Å². The van der Waals surface area contributed by atoms with Crippen molar-refractivity contribution in [3.05, 3.63) is 30.1 Å². The van der Waals surface area contributed by atoms with Gasteiger partial charge in [-0.1, -0.05) is 27.7 Å². The molecular formula is C17H29N3O2. The summed E-state index contributed by atoms with van der Waals surface area (Å²) in [4.78, 5) is 16.2. The second-order valence-corrected chi connectivity index (χ2v) is 7.05. The van der Waals surface area contributed by atoms with Gasteiger partial charge >= 0.3 is 6.03 Å². The molecule has 1 rings (SSSR count). The third kappa shape index (κ3) is 6.43. The number of hydrogen-bond acceptors (Lipinski definition) is 3. The number of carbonyl (C=O) groups is 1. The van der Waals surface area contributed by atoms with Crippen molar-refractivity contribution in [2.75, 3.05) is 6.54 Å². The van der Waals surface area contributed by atoms with Gasteiger partial charge in [-0.05, 0) is 42.4 Å². The van der Waals surface area contributed by atoms with E-state index in [-0.39, 0.29) is 29.5 Å². The molecule has 124 valence electrons. The summed E-state index contributed by atoms with van der Waals surface area (Å²) >= 11 is 0. The SMILES string of the molecule is CC(O)CC(C)(C)CNC(=O)NC(c1ccncc1)C(C)C.